The molecule has 1 amide bonds. The molecule has 3 nitrogen and oxygen atoms in total. The minimum atomic E-state index is 0.151. The Labute approximate surface area is 106 Å². The molecule has 18 heavy (non-hydrogen) atoms. The Bertz CT molecular complexity index is 612. The van der Waals surface area contributed by atoms with Crippen molar-refractivity contribution in [3.8, 4) is 0 Å². The summed E-state index contributed by atoms with van der Waals surface area (Å²) in [5.74, 6) is 1.45. The number of rotatable bonds is 1. The molecule has 1 saturated heterocycles. The van der Waals surface area contributed by atoms with Crippen molar-refractivity contribution in [1.29, 1.82) is 0 Å². The van der Waals surface area contributed by atoms with E-state index in [0.29, 0.717) is 12.3 Å². The van der Waals surface area contributed by atoms with E-state index < -0.39 is 0 Å². The molecule has 94 valence electrons. The number of benzene rings is 1. The Kier molecular flexibility index (Phi) is 2.62. The van der Waals surface area contributed by atoms with Crippen LogP contribution in [0, 0.1) is 13.8 Å². The number of nitrogens with one attached hydrogen (secondary N) is 1. The first-order chi connectivity index (χ1) is 8.65. The van der Waals surface area contributed by atoms with Gasteiger partial charge in [-0.05, 0) is 43.4 Å². The molecule has 1 aromatic heterocycles. The van der Waals surface area contributed by atoms with Crippen molar-refractivity contribution in [1.82, 2.24) is 5.32 Å². The van der Waals surface area contributed by atoms with Gasteiger partial charge in [0.25, 0.3) is 0 Å². The fourth-order valence-corrected chi connectivity index (χ4v) is 2.69. The van der Waals surface area contributed by atoms with Gasteiger partial charge in [-0.3, -0.25) is 4.79 Å². The second-order valence-corrected chi connectivity index (χ2v) is 5.08. The number of amides is 1. The summed E-state index contributed by atoms with van der Waals surface area (Å²) in [7, 11) is 0. The van der Waals surface area contributed by atoms with Gasteiger partial charge in [-0.15, -0.1) is 0 Å². The number of carbonyl (C=O) groups excluding carboxylic acids is 1. The van der Waals surface area contributed by atoms with E-state index in [-0.39, 0.29) is 5.91 Å². The van der Waals surface area contributed by atoms with Gasteiger partial charge in [-0.25, -0.2) is 0 Å². The maximum Gasteiger partial charge on any atom is 0.220 e. The van der Waals surface area contributed by atoms with Crippen LogP contribution < -0.4 is 5.32 Å². The van der Waals surface area contributed by atoms with E-state index in [0.717, 1.165) is 24.3 Å². The molecule has 0 radical (unpaired) electrons. The summed E-state index contributed by atoms with van der Waals surface area (Å²) < 4.78 is 5.76. The zero-order valence-electron chi connectivity index (χ0n) is 10.7. The maximum atomic E-state index is 11.4. The lowest BCUT2D eigenvalue weighted by atomic mass is 9.89. The third-order valence-corrected chi connectivity index (χ3v) is 3.92. The number of carbonyl (C=O) groups is 1. The van der Waals surface area contributed by atoms with Gasteiger partial charge >= 0.3 is 0 Å². The molecule has 1 fully saturated rings. The second kappa shape index (κ2) is 4.16. The molecule has 0 spiro atoms. The summed E-state index contributed by atoms with van der Waals surface area (Å²) in [6.07, 6.45) is 1.60. The fourth-order valence-electron chi connectivity index (χ4n) is 2.69. The van der Waals surface area contributed by atoms with Crippen LogP contribution in [-0.2, 0) is 4.79 Å². The SMILES string of the molecule is Cc1oc2cc(C3CCNC(=O)C3)ccc2c1C. The van der Waals surface area contributed by atoms with Crippen LogP contribution in [0.1, 0.15) is 35.6 Å². The van der Waals surface area contributed by atoms with Gasteiger partial charge in [0.15, 0.2) is 0 Å². The second-order valence-electron chi connectivity index (χ2n) is 5.08. The molecule has 0 saturated carbocycles. The van der Waals surface area contributed by atoms with E-state index in [2.05, 4.69) is 30.4 Å². The van der Waals surface area contributed by atoms with Crippen molar-refractivity contribution < 1.29 is 9.21 Å². The minimum absolute atomic E-state index is 0.151. The van der Waals surface area contributed by atoms with E-state index in [4.69, 9.17) is 4.42 Å². The van der Waals surface area contributed by atoms with E-state index >= 15 is 0 Å². The quantitative estimate of drug-likeness (QED) is 0.836. The molecular formula is C15H17NO2. The average Bonchev–Trinajstić information content (AvgIpc) is 2.65. The third-order valence-electron chi connectivity index (χ3n) is 3.92. The number of hydrogen-bond acceptors (Lipinski definition) is 2. The highest BCUT2D eigenvalue weighted by Gasteiger charge is 2.21. The molecule has 1 atom stereocenters. The van der Waals surface area contributed by atoms with Crippen molar-refractivity contribution in [3.05, 3.63) is 35.1 Å². The first-order valence-corrected chi connectivity index (χ1v) is 6.41. The van der Waals surface area contributed by atoms with Crippen molar-refractivity contribution in [3.63, 3.8) is 0 Å². The molecule has 3 heteroatoms. The van der Waals surface area contributed by atoms with Crippen molar-refractivity contribution in [2.24, 2.45) is 0 Å². The highest BCUT2D eigenvalue weighted by molar-refractivity contribution is 5.83. The first kappa shape index (κ1) is 11.3. The van der Waals surface area contributed by atoms with Crippen LogP contribution in [0.15, 0.2) is 22.6 Å². The molecule has 1 aromatic carbocycles. The summed E-state index contributed by atoms with van der Waals surface area (Å²) >= 11 is 0. The molecule has 1 unspecified atom stereocenters. The average molecular weight is 243 g/mol. The number of hydrogen-bond donors (Lipinski definition) is 1. The van der Waals surface area contributed by atoms with E-state index in [1.807, 2.05) is 6.92 Å². The molecule has 1 aliphatic rings. The summed E-state index contributed by atoms with van der Waals surface area (Å²) in [5, 5.41) is 4.05. The van der Waals surface area contributed by atoms with Crippen molar-refractivity contribution in [2.75, 3.05) is 6.54 Å². The van der Waals surface area contributed by atoms with Gasteiger partial charge in [0, 0.05) is 18.4 Å². The van der Waals surface area contributed by atoms with Crippen molar-refractivity contribution in [2.45, 2.75) is 32.6 Å². The number of piperidine rings is 1. The lowest BCUT2D eigenvalue weighted by molar-refractivity contribution is -0.122. The van der Waals surface area contributed by atoms with E-state index in [1.54, 1.807) is 0 Å². The molecular weight excluding hydrogens is 226 g/mol. The highest BCUT2D eigenvalue weighted by Crippen LogP contribution is 2.31. The van der Waals surface area contributed by atoms with Crippen LogP contribution in [-0.4, -0.2) is 12.5 Å². The van der Waals surface area contributed by atoms with E-state index in [1.165, 1.54) is 16.5 Å². The first-order valence-electron chi connectivity index (χ1n) is 6.41. The Hall–Kier alpha value is -1.77. The topological polar surface area (TPSA) is 42.2 Å². The Balaban J connectivity index is 2.00. The maximum absolute atomic E-state index is 11.4. The number of aryl methyl sites for hydroxylation is 2. The van der Waals surface area contributed by atoms with Crippen molar-refractivity contribution >= 4 is 16.9 Å². The minimum Gasteiger partial charge on any atom is -0.461 e. The van der Waals surface area contributed by atoms with E-state index in [9.17, 15) is 4.79 Å². The van der Waals surface area contributed by atoms with Gasteiger partial charge in [-0.2, -0.15) is 0 Å². The Morgan fingerprint density at radius 3 is 2.94 bits per heavy atom. The van der Waals surface area contributed by atoms with Crippen LogP contribution in [0.2, 0.25) is 0 Å². The predicted molar refractivity (Wildman–Crippen MR) is 70.7 cm³/mol. The molecule has 1 aliphatic heterocycles. The van der Waals surface area contributed by atoms with Crippen LogP contribution in [0.3, 0.4) is 0 Å². The lowest BCUT2D eigenvalue weighted by Crippen LogP contribution is -2.32. The zero-order valence-corrected chi connectivity index (χ0v) is 10.7. The van der Waals surface area contributed by atoms with Gasteiger partial charge in [0.2, 0.25) is 5.91 Å². The van der Waals surface area contributed by atoms with Crippen LogP contribution in [0.25, 0.3) is 11.0 Å². The van der Waals surface area contributed by atoms with Gasteiger partial charge in [0.1, 0.15) is 11.3 Å². The number of furan rings is 1. The lowest BCUT2D eigenvalue weighted by Gasteiger charge is -2.22. The smallest absolute Gasteiger partial charge is 0.220 e. The Morgan fingerprint density at radius 2 is 2.17 bits per heavy atom. The van der Waals surface area contributed by atoms with Gasteiger partial charge < -0.3 is 9.73 Å². The van der Waals surface area contributed by atoms with Crippen LogP contribution in [0.4, 0.5) is 0 Å². The molecule has 3 rings (SSSR count). The molecule has 2 aromatic rings. The third kappa shape index (κ3) is 1.80. The summed E-state index contributed by atoms with van der Waals surface area (Å²) in [6, 6.07) is 6.34. The van der Waals surface area contributed by atoms with Gasteiger partial charge in [0.05, 0.1) is 0 Å². The van der Waals surface area contributed by atoms with Crippen LogP contribution >= 0.6 is 0 Å². The Morgan fingerprint density at radius 1 is 1.33 bits per heavy atom. The summed E-state index contributed by atoms with van der Waals surface area (Å²) in [5.41, 5.74) is 3.36. The number of fused-ring (bicyclic) bond motifs is 1. The monoisotopic (exact) mass is 243 g/mol. The predicted octanol–water partition coefficient (Wildman–Crippen LogP) is 3.04. The largest absolute Gasteiger partial charge is 0.461 e. The molecule has 2 heterocycles. The summed E-state index contributed by atoms with van der Waals surface area (Å²) in [4.78, 5) is 11.4. The molecule has 0 aliphatic carbocycles. The fraction of sp³-hybridized carbons (Fsp3) is 0.400. The zero-order chi connectivity index (χ0) is 12.7. The molecule has 0 bridgehead atoms. The normalized spacial score (nSPS) is 20.1. The molecule has 1 N–H and O–H groups in total. The standard InChI is InChI=1S/C15H17NO2/c1-9-10(2)18-14-7-11(3-4-13(9)14)12-5-6-16-15(17)8-12/h3-4,7,12H,5-6,8H2,1-2H3,(H,16,17). The van der Waals surface area contributed by atoms with Gasteiger partial charge in [-0.1, -0.05) is 12.1 Å². The summed E-state index contributed by atoms with van der Waals surface area (Å²) in [6.45, 7) is 4.84. The van der Waals surface area contributed by atoms with Crippen LogP contribution in [0.5, 0.6) is 0 Å². The highest BCUT2D eigenvalue weighted by atomic mass is 16.3.